The number of alkyl halides is 1. The molecule has 0 aliphatic carbocycles. The maximum absolute atomic E-state index is 10.1. The molecule has 0 atom stereocenters. The number of halogens is 1. The van der Waals surface area contributed by atoms with Crippen molar-refractivity contribution in [3.63, 3.8) is 0 Å². The predicted molar refractivity (Wildman–Crippen MR) is 34.4 cm³/mol. The Hall–Kier alpha value is 0. The van der Waals surface area contributed by atoms with E-state index in [2.05, 4.69) is 10.1 Å². The second-order valence-corrected chi connectivity index (χ2v) is 1.41. The van der Waals surface area contributed by atoms with Crippen LogP contribution in [0.25, 0.3) is 0 Å². The van der Waals surface area contributed by atoms with Gasteiger partial charge in [-0.05, 0) is 22.6 Å². The Bertz CT molecular complexity index is 66.0. The smallest absolute Gasteiger partial charge is 0.407 e. The highest BCUT2D eigenvalue weighted by Crippen LogP contribution is 1.82. The number of alkyl carbamates (subject to hydrolysis) is 1. The Labute approximate surface area is 55.6 Å². The number of carbonyl (C=O) groups excluding carboxylic acids is 1. The molecular weight excluding hydrogens is 209 g/mol. The van der Waals surface area contributed by atoms with Crippen molar-refractivity contribution in [2.24, 2.45) is 0 Å². The van der Waals surface area contributed by atoms with Crippen LogP contribution in [0.3, 0.4) is 0 Å². The maximum Gasteiger partial charge on any atom is 0.407 e. The minimum absolute atomic E-state index is 0.380. The average Bonchev–Trinajstić information content (AvgIpc) is 1.68. The highest BCUT2D eigenvalue weighted by Gasteiger charge is 1.90. The lowest BCUT2D eigenvalue weighted by Crippen LogP contribution is -2.17. The predicted octanol–water partition coefficient (Wildman–Crippen LogP) is 0.735. The molecule has 1 N–H and O–H groups in total. The number of hydrogen-bond donors (Lipinski definition) is 1. The molecule has 0 fully saturated rings. The number of hydrogen-bond acceptors (Lipinski definition) is 2. The topological polar surface area (TPSA) is 38.3 Å². The fourth-order valence-electron chi connectivity index (χ4n) is 0.122. The molecule has 0 heterocycles. The summed E-state index contributed by atoms with van der Waals surface area (Å²) in [6.07, 6.45) is -0.380. The summed E-state index contributed by atoms with van der Waals surface area (Å²) < 4.78 is 4.83. The SMILES string of the molecule is CNC(=O)OCI. The molecule has 0 unspecified atom stereocenters. The van der Waals surface area contributed by atoms with Gasteiger partial charge in [0.15, 0.2) is 0 Å². The van der Waals surface area contributed by atoms with Crippen LogP contribution in [0.2, 0.25) is 0 Å². The van der Waals surface area contributed by atoms with Crippen molar-refractivity contribution in [2.45, 2.75) is 0 Å². The Kier molecular flexibility index (Phi) is 4.17. The first kappa shape index (κ1) is 7.00. The van der Waals surface area contributed by atoms with Crippen molar-refractivity contribution in [1.29, 1.82) is 0 Å². The van der Waals surface area contributed by atoms with Gasteiger partial charge in [0.25, 0.3) is 0 Å². The molecule has 7 heavy (non-hydrogen) atoms. The van der Waals surface area contributed by atoms with Gasteiger partial charge in [-0.25, -0.2) is 4.79 Å². The highest BCUT2D eigenvalue weighted by molar-refractivity contribution is 14.1. The van der Waals surface area contributed by atoms with Gasteiger partial charge in [0.2, 0.25) is 0 Å². The van der Waals surface area contributed by atoms with Gasteiger partial charge >= 0.3 is 6.09 Å². The molecule has 0 aromatic rings. The van der Waals surface area contributed by atoms with E-state index < -0.39 is 0 Å². The Morgan fingerprint density at radius 3 is 2.71 bits per heavy atom. The van der Waals surface area contributed by atoms with Crippen LogP contribution in [0, 0.1) is 0 Å². The van der Waals surface area contributed by atoms with Crippen molar-refractivity contribution in [3.8, 4) is 0 Å². The summed E-state index contributed by atoms with van der Waals surface area (Å²) in [5, 5.41) is 2.30. The van der Waals surface area contributed by atoms with E-state index in [0.29, 0.717) is 4.61 Å². The van der Waals surface area contributed by atoms with Crippen molar-refractivity contribution in [2.75, 3.05) is 11.7 Å². The van der Waals surface area contributed by atoms with Crippen LogP contribution >= 0.6 is 22.6 Å². The first-order valence-electron chi connectivity index (χ1n) is 1.71. The first-order valence-corrected chi connectivity index (χ1v) is 3.24. The molecule has 0 spiro atoms. The standard InChI is InChI=1S/C3H6INO2/c1-5-3(6)7-2-4/h2H2,1H3,(H,5,6). The van der Waals surface area contributed by atoms with Crippen molar-refractivity contribution in [1.82, 2.24) is 5.32 Å². The van der Waals surface area contributed by atoms with Crippen molar-refractivity contribution < 1.29 is 9.53 Å². The van der Waals surface area contributed by atoms with Gasteiger partial charge < -0.3 is 10.1 Å². The van der Waals surface area contributed by atoms with E-state index >= 15 is 0 Å². The van der Waals surface area contributed by atoms with Gasteiger partial charge in [0.1, 0.15) is 4.61 Å². The lowest BCUT2D eigenvalue weighted by Gasteiger charge is -1.94. The van der Waals surface area contributed by atoms with E-state index in [9.17, 15) is 4.79 Å². The summed E-state index contributed by atoms with van der Waals surface area (Å²) >= 11 is 1.94. The first-order chi connectivity index (χ1) is 3.31. The lowest BCUT2D eigenvalue weighted by atomic mass is 11.1. The quantitative estimate of drug-likeness (QED) is 0.517. The summed E-state index contributed by atoms with van der Waals surface area (Å²) in [6, 6.07) is 0. The van der Waals surface area contributed by atoms with Gasteiger partial charge in [0, 0.05) is 7.05 Å². The van der Waals surface area contributed by atoms with E-state index in [4.69, 9.17) is 0 Å². The highest BCUT2D eigenvalue weighted by atomic mass is 127. The van der Waals surface area contributed by atoms with Crippen LogP contribution in [-0.2, 0) is 4.74 Å². The van der Waals surface area contributed by atoms with E-state index in [-0.39, 0.29) is 6.09 Å². The summed E-state index contributed by atoms with van der Waals surface area (Å²) in [6.45, 7) is 0. The van der Waals surface area contributed by atoms with Crippen molar-refractivity contribution in [3.05, 3.63) is 0 Å². The molecule has 0 aromatic carbocycles. The van der Waals surface area contributed by atoms with Crippen LogP contribution < -0.4 is 5.32 Å². The minimum Gasteiger partial charge on any atom is -0.439 e. The van der Waals surface area contributed by atoms with Crippen LogP contribution in [0.1, 0.15) is 0 Å². The van der Waals surface area contributed by atoms with Gasteiger partial charge in [-0.1, -0.05) is 0 Å². The number of ether oxygens (including phenoxy) is 1. The Morgan fingerprint density at radius 2 is 2.57 bits per heavy atom. The molecule has 0 saturated heterocycles. The number of carbonyl (C=O) groups is 1. The molecule has 1 amide bonds. The van der Waals surface area contributed by atoms with E-state index in [1.54, 1.807) is 0 Å². The molecule has 0 aliphatic rings. The van der Waals surface area contributed by atoms with Gasteiger partial charge in [-0.15, -0.1) is 0 Å². The zero-order valence-electron chi connectivity index (χ0n) is 3.90. The van der Waals surface area contributed by atoms with Gasteiger partial charge in [-0.2, -0.15) is 0 Å². The molecule has 0 aromatic heterocycles. The Morgan fingerprint density at radius 1 is 2.00 bits per heavy atom. The van der Waals surface area contributed by atoms with E-state index in [0.717, 1.165) is 0 Å². The summed E-state index contributed by atoms with van der Waals surface area (Å²) in [5.74, 6) is 0. The second kappa shape index (κ2) is 4.17. The largest absolute Gasteiger partial charge is 0.439 e. The fraction of sp³-hybridized carbons (Fsp3) is 0.667. The Balaban J connectivity index is 3.00. The van der Waals surface area contributed by atoms with Crippen LogP contribution in [0.4, 0.5) is 4.79 Å². The van der Waals surface area contributed by atoms with Crippen molar-refractivity contribution >= 4 is 28.7 Å². The number of nitrogens with one attached hydrogen (secondary N) is 1. The summed E-state index contributed by atoms with van der Waals surface area (Å²) in [4.78, 5) is 10.1. The summed E-state index contributed by atoms with van der Waals surface area (Å²) in [7, 11) is 1.52. The van der Waals surface area contributed by atoms with E-state index in [1.165, 1.54) is 7.05 Å². The van der Waals surface area contributed by atoms with Crippen LogP contribution in [0.15, 0.2) is 0 Å². The lowest BCUT2D eigenvalue weighted by molar-refractivity contribution is 0.171. The normalized spacial score (nSPS) is 7.71. The van der Waals surface area contributed by atoms with Crippen LogP contribution in [0.5, 0.6) is 0 Å². The number of amides is 1. The molecule has 0 saturated carbocycles. The zero-order chi connectivity index (χ0) is 5.70. The molecule has 4 heteroatoms. The molecule has 0 rings (SSSR count). The fourth-order valence-corrected chi connectivity index (χ4v) is 0.405. The summed E-state index contributed by atoms with van der Waals surface area (Å²) in [5.41, 5.74) is 0. The third kappa shape index (κ3) is 3.84. The van der Waals surface area contributed by atoms with E-state index in [1.807, 2.05) is 22.6 Å². The second-order valence-electron chi connectivity index (χ2n) is 0.791. The van der Waals surface area contributed by atoms with Gasteiger partial charge in [0.05, 0.1) is 0 Å². The third-order valence-corrected chi connectivity index (χ3v) is 0.701. The monoisotopic (exact) mass is 215 g/mol. The maximum atomic E-state index is 10.1. The number of rotatable bonds is 1. The average molecular weight is 215 g/mol. The van der Waals surface area contributed by atoms with Gasteiger partial charge in [-0.3, -0.25) is 0 Å². The molecule has 0 radical (unpaired) electrons. The molecule has 42 valence electrons. The van der Waals surface area contributed by atoms with Crippen LogP contribution in [-0.4, -0.2) is 17.8 Å². The third-order valence-electron chi connectivity index (χ3n) is 0.390. The molecule has 0 aliphatic heterocycles. The minimum atomic E-state index is -0.380. The zero-order valence-corrected chi connectivity index (χ0v) is 6.06. The molecule has 3 nitrogen and oxygen atoms in total. The molecular formula is C3H6INO2. The molecule has 0 bridgehead atoms.